The zero-order chi connectivity index (χ0) is 34.4. The Morgan fingerprint density at radius 3 is 2.15 bits per heavy atom. The number of aryl methyl sites for hydroxylation is 2. The molecule has 1 N–H and O–H groups in total. The van der Waals surface area contributed by atoms with Crippen LogP contribution in [0.3, 0.4) is 0 Å². The fraction of sp³-hybridized carbons (Fsp3) is 0.297. The van der Waals surface area contributed by atoms with Gasteiger partial charge in [0.05, 0.1) is 17.7 Å². The lowest BCUT2D eigenvalue weighted by Gasteiger charge is -2.35. The Balaban J connectivity index is 1.88. The maximum absolute atomic E-state index is 14.7. The number of carbonyl (C=O) groups is 2. The smallest absolute Gasteiger partial charge is 0.264 e. The average molecular weight is 676 g/mol. The quantitative estimate of drug-likeness (QED) is 0.180. The first-order valence-corrected chi connectivity index (χ1v) is 17.1. The number of halogens is 1. The van der Waals surface area contributed by atoms with Crippen molar-refractivity contribution < 1.29 is 22.7 Å². The lowest BCUT2D eigenvalue weighted by atomic mass is 10.00. The zero-order valence-electron chi connectivity index (χ0n) is 27.7. The van der Waals surface area contributed by atoms with E-state index in [0.29, 0.717) is 0 Å². The summed E-state index contributed by atoms with van der Waals surface area (Å²) in [6.07, 6.45) is 0.214. The Kier molecular flexibility index (Phi) is 11.4. The Morgan fingerprint density at radius 2 is 1.53 bits per heavy atom. The molecule has 0 aliphatic heterocycles. The first-order valence-electron chi connectivity index (χ1n) is 15.3. The van der Waals surface area contributed by atoms with Crippen molar-refractivity contribution in [2.24, 2.45) is 0 Å². The van der Waals surface area contributed by atoms with Crippen LogP contribution in [-0.4, -0.2) is 50.4 Å². The highest BCUT2D eigenvalue weighted by Crippen LogP contribution is 2.35. The summed E-state index contributed by atoms with van der Waals surface area (Å²) >= 11 is 6.38. The molecule has 10 heteroatoms. The van der Waals surface area contributed by atoms with Gasteiger partial charge in [-0.1, -0.05) is 83.9 Å². The summed E-state index contributed by atoms with van der Waals surface area (Å²) in [7, 11) is -2.90. The van der Waals surface area contributed by atoms with Crippen LogP contribution in [0.5, 0.6) is 5.75 Å². The molecule has 0 spiro atoms. The summed E-state index contributed by atoms with van der Waals surface area (Å²) in [4.78, 5) is 30.3. The zero-order valence-corrected chi connectivity index (χ0v) is 29.2. The average Bonchev–Trinajstić information content (AvgIpc) is 3.02. The van der Waals surface area contributed by atoms with Crippen molar-refractivity contribution in [1.82, 2.24) is 10.2 Å². The van der Waals surface area contributed by atoms with Gasteiger partial charge in [0, 0.05) is 23.5 Å². The van der Waals surface area contributed by atoms with Crippen LogP contribution in [0.2, 0.25) is 5.02 Å². The Labute approximate surface area is 283 Å². The van der Waals surface area contributed by atoms with E-state index in [-0.39, 0.29) is 40.2 Å². The van der Waals surface area contributed by atoms with Crippen LogP contribution in [-0.2, 0) is 32.6 Å². The van der Waals surface area contributed by atoms with E-state index in [1.165, 1.54) is 30.2 Å². The molecule has 1 unspecified atom stereocenters. The van der Waals surface area contributed by atoms with Gasteiger partial charge in [0.25, 0.3) is 10.0 Å². The van der Waals surface area contributed by atoms with Crippen LogP contribution in [0.1, 0.15) is 43.0 Å². The Bertz CT molecular complexity index is 1810. The van der Waals surface area contributed by atoms with E-state index in [0.717, 1.165) is 26.6 Å². The van der Waals surface area contributed by atoms with Gasteiger partial charge in [0.1, 0.15) is 18.3 Å². The number of carbonyl (C=O) groups excluding carboxylic acids is 2. The fourth-order valence-corrected chi connectivity index (χ4v) is 6.77. The number of hydrogen-bond donors (Lipinski definition) is 1. The molecule has 0 aliphatic carbocycles. The molecule has 47 heavy (non-hydrogen) atoms. The number of sulfonamides is 1. The van der Waals surface area contributed by atoms with Crippen molar-refractivity contribution in [3.05, 3.63) is 124 Å². The molecule has 0 heterocycles. The summed E-state index contributed by atoms with van der Waals surface area (Å²) in [5, 5.41) is 3.31. The molecular formula is C37H42ClN3O5S. The second kappa shape index (κ2) is 15.0. The number of nitrogens with one attached hydrogen (secondary N) is 1. The van der Waals surface area contributed by atoms with Crippen molar-refractivity contribution in [3.63, 3.8) is 0 Å². The van der Waals surface area contributed by atoms with E-state index in [1.807, 2.05) is 89.2 Å². The largest absolute Gasteiger partial charge is 0.495 e. The van der Waals surface area contributed by atoms with Crippen LogP contribution in [0.4, 0.5) is 5.69 Å². The standard InChI is InChI=1S/C37H42ClN3O5S/c1-26-16-19-31(20-17-26)47(44,45)41(32-23-30(38)18-21-34(32)46-6)25-35(42)40(24-29-15-11-10-12-27(29)2)33(36(43)39-37(3,4)5)22-28-13-8-7-9-14-28/h7-21,23,33H,22,24-25H2,1-6H3,(H,39,43). The molecule has 1 atom stereocenters. The minimum absolute atomic E-state index is 0.00491. The molecular weight excluding hydrogens is 634 g/mol. The molecule has 0 aliphatic rings. The number of ether oxygens (including phenoxy) is 1. The molecule has 4 aromatic carbocycles. The maximum Gasteiger partial charge on any atom is 0.264 e. The fourth-order valence-electron chi connectivity index (χ4n) is 5.19. The highest BCUT2D eigenvalue weighted by Gasteiger charge is 2.36. The molecule has 0 saturated carbocycles. The van der Waals surface area contributed by atoms with Crippen LogP contribution in [0.25, 0.3) is 0 Å². The SMILES string of the molecule is COc1ccc(Cl)cc1N(CC(=O)N(Cc1ccccc1C)C(Cc1ccccc1)C(=O)NC(C)(C)C)S(=O)(=O)c1ccc(C)cc1. The van der Waals surface area contributed by atoms with E-state index in [2.05, 4.69) is 5.32 Å². The highest BCUT2D eigenvalue weighted by atomic mass is 35.5. The summed E-state index contributed by atoms with van der Waals surface area (Å²) in [6, 6.07) is 27.1. The monoisotopic (exact) mass is 675 g/mol. The van der Waals surface area contributed by atoms with Gasteiger partial charge < -0.3 is 15.0 Å². The number of benzene rings is 4. The summed E-state index contributed by atoms with van der Waals surface area (Å²) in [5.74, 6) is -0.706. The third-order valence-electron chi connectivity index (χ3n) is 7.67. The number of methoxy groups -OCH3 is 1. The summed E-state index contributed by atoms with van der Waals surface area (Å²) in [5.41, 5.74) is 3.01. The minimum Gasteiger partial charge on any atom is -0.495 e. The van der Waals surface area contributed by atoms with Gasteiger partial charge >= 0.3 is 0 Å². The van der Waals surface area contributed by atoms with E-state index >= 15 is 0 Å². The molecule has 0 aromatic heterocycles. The Hall–Kier alpha value is -4.34. The van der Waals surface area contributed by atoms with Crippen LogP contribution < -0.4 is 14.4 Å². The summed E-state index contributed by atoms with van der Waals surface area (Å²) in [6.45, 7) is 8.87. The third-order valence-corrected chi connectivity index (χ3v) is 9.68. The van der Waals surface area contributed by atoms with E-state index in [4.69, 9.17) is 16.3 Å². The molecule has 4 aromatic rings. The molecule has 0 saturated heterocycles. The highest BCUT2D eigenvalue weighted by molar-refractivity contribution is 7.92. The minimum atomic E-state index is -4.32. The predicted octanol–water partition coefficient (Wildman–Crippen LogP) is 6.72. The van der Waals surface area contributed by atoms with Crippen molar-refractivity contribution in [3.8, 4) is 5.75 Å². The second-order valence-corrected chi connectivity index (χ2v) is 14.8. The third kappa shape index (κ3) is 9.14. The molecule has 0 bridgehead atoms. The Morgan fingerprint density at radius 1 is 0.894 bits per heavy atom. The van der Waals surface area contributed by atoms with Gasteiger partial charge in [-0.3, -0.25) is 13.9 Å². The van der Waals surface area contributed by atoms with Gasteiger partial charge in [0.2, 0.25) is 11.8 Å². The number of nitrogens with zero attached hydrogens (tertiary/aromatic N) is 2. The number of rotatable bonds is 12. The number of amides is 2. The second-order valence-electron chi connectivity index (χ2n) is 12.5. The molecule has 0 fully saturated rings. The van der Waals surface area contributed by atoms with Gasteiger partial charge in [-0.15, -0.1) is 0 Å². The lowest BCUT2D eigenvalue weighted by Crippen LogP contribution is -2.56. The topological polar surface area (TPSA) is 96.0 Å². The molecule has 8 nitrogen and oxygen atoms in total. The molecule has 4 rings (SSSR count). The molecule has 2 amide bonds. The predicted molar refractivity (Wildman–Crippen MR) is 187 cm³/mol. The van der Waals surface area contributed by atoms with Crippen molar-refractivity contribution in [1.29, 1.82) is 0 Å². The molecule has 0 radical (unpaired) electrons. The first kappa shape index (κ1) is 35.5. The number of hydrogen-bond acceptors (Lipinski definition) is 5. The summed E-state index contributed by atoms with van der Waals surface area (Å²) < 4.78 is 35.3. The van der Waals surface area contributed by atoms with Crippen molar-refractivity contribution >= 4 is 39.1 Å². The molecule has 248 valence electrons. The van der Waals surface area contributed by atoms with Crippen molar-refractivity contribution in [2.45, 2.75) is 64.1 Å². The normalized spacial score (nSPS) is 12.2. The number of anilines is 1. The van der Waals surface area contributed by atoms with E-state index in [9.17, 15) is 18.0 Å². The van der Waals surface area contributed by atoms with Crippen LogP contribution in [0.15, 0.2) is 102 Å². The van der Waals surface area contributed by atoms with Gasteiger partial charge in [-0.2, -0.15) is 0 Å². The first-order chi connectivity index (χ1) is 22.2. The van der Waals surface area contributed by atoms with Crippen LogP contribution in [0, 0.1) is 13.8 Å². The van der Waals surface area contributed by atoms with E-state index in [1.54, 1.807) is 24.3 Å². The van der Waals surface area contributed by atoms with Gasteiger partial charge in [-0.05, 0) is 81.6 Å². The van der Waals surface area contributed by atoms with Gasteiger partial charge in [0.15, 0.2) is 0 Å². The van der Waals surface area contributed by atoms with Crippen LogP contribution >= 0.6 is 11.6 Å². The van der Waals surface area contributed by atoms with Gasteiger partial charge in [-0.25, -0.2) is 8.42 Å². The maximum atomic E-state index is 14.7. The lowest BCUT2D eigenvalue weighted by molar-refractivity contribution is -0.140. The van der Waals surface area contributed by atoms with E-state index < -0.39 is 34.1 Å². The van der Waals surface area contributed by atoms with Crippen molar-refractivity contribution in [2.75, 3.05) is 18.0 Å².